The minimum absolute atomic E-state index is 0.00811. The number of benzene rings is 2. The van der Waals surface area contributed by atoms with E-state index in [0.29, 0.717) is 41.7 Å². The van der Waals surface area contributed by atoms with Crippen molar-refractivity contribution in [3.05, 3.63) is 59.8 Å². The van der Waals surface area contributed by atoms with Gasteiger partial charge in [0.2, 0.25) is 0 Å². The number of hydrogen-bond acceptors (Lipinski definition) is 7. The second kappa shape index (κ2) is 12.3. The summed E-state index contributed by atoms with van der Waals surface area (Å²) in [5.74, 6) is 0.917. The summed E-state index contributed by atoms with van der Waals surface area (Å²) in [4.78, 5) is 38.8. The number of ether oxygens (including phenoxy) is 4. The van der Waals surface area contributed by atoms with Crippen molar-refractivity contribution in [3.8, 4) is 23.0 Å². The Balaban J connectivity index is 1.75. The molecule has 0 unspecified atom stereocenters. The predicted molar refractivity (Wildman–Crippen MR) is 144 cm³/mol. The van der Waals surface area contributed by atoms with Crippen molar-refractivity contribution < 1.29 is 38.7 Å². The van der Waals surface area contributed by atoms with E-state index in [-0.39, 0.29) is 23.4 Å². The molecule has 11 heteroatoms. The number of nitrogens with zero attached hydrogens (tertiary/aromatic N) is 1. The Hall–Kier alpha value is -4.54. The zero-order chi connectivity index (χ0) is 28.7. The van der Waals surface area contributed by atoms with E-state index in [0.717, 1.165) is 0 Å². The van der Waals surface area contributed by atoms with Crippen molar-refractivity contribution in [1.29, 1.82) is 0 Å². The van der Waals surface area contributed by atoms with Crippen LogP contribution in [0.15, 0.2) is 48.7 Å². The van der Waals surface area contributed by atoms with Crippen LogP contribution in [0.3, 0.4) is 0 Å². The zero-order valence-corrected chi connectivity index (χ0v) is 23.0. The normalized spacial score (nSPS) is 13.3. The Kier molecular flexibility index (Phi) is 9.18. The van der Waals surface area contributed by atoms with E-state index < -0.39 is 17.6 Å². The maximum absolute atomic E-state index is 12.9. The van der Waals surface area contributed by atoms with Gasteiger partial charge in [0.05, 0.1) is 23.8 Å². The van der Waals surface area contributed by atoms with Gasteiger partial charge in [-0.15, -0.1) is 0 Å². The van der Waals surface area contributed by atoms with E-state index in [2.05, 4.69) is 10.6 Å². The second-order valence-corrected chi connectivity index (χ2v) is 10.1. The first kappa shape index (κ1) is 29.0. The molecular weight excluding hydrogens is 504 g/mol. The van der Waals surface area contributed by atoms with Crippen LogP contribution in [-0.2, 0) is 4.74 Å². The third kappa shape index (κ3) is 8.77. The number of amidine groups is 1. The van der Waals surface area contributed by atoms with Gasteiger partial charge >= 0.3 is 12.0 Å². The molecule has 0 fully saturated rings. The molecule has 1 aliphatic heterocycles. The summed E-state index contributed by atoms with van der Waals surface area (Å²) in [7, 11) is 1.72. The molecule has 0 saturated carbocycles. The van der Waals surface area contributed by atoms with Gasteiger partial charge in [0, 0.05) is 31.5 Å². The van der Waals surface area contributed by atoms with Crippen molar-refractivity contribution in [1.82, 2.24) is 15.5 Å². The van der Waals surface area contributed by atoms with Gasteiger partial charge < -0.3 is 23.8 Å². The molecule has 39 heavy (non-hydrogen) atoms. The molecule has 11 nitrogen and oxygen atoms in total. The van der Waals surface area contributed by atoms with Crippen LogP contribution in [0.2, 0.25) is 0 Å². The fraction of sp³-hybridized carbons (Fsp3) is 0.357. The van der Waals surface area contributed by atoms with Gasteiger partial charge in [-0.3, -0.25) is 15.5 Å². The Morgan fingerprint density at radius 1 is 1.10 bits per heavy atom. The van der Waals surface area contributed by atoms with Crippen LogP contribution in [0.25, 0.3) is 0 Å². The van der Waals surface area contributed by atoms with Gasteiger partial charge in [-0.25, -0.2) is 14.9 Å². The molecule has 0 aliphatic carbocycles. The smallest absolute Gasteiger partial charge is 0.411 e. The van der Waals surface area contributed by atoms with E-state index in [1.807, 2.05) is 13.8 Å². The number of likely N-dealkylation sites (N-methyl/N-ethyl adjacent to an activating group) is 1. The molecule has 0 atom stereocenters. The lowest BCUT2D eigenvalue weighted by molar-refractivity contribution is -0.115. The standard InChI is InChI=1S/C28H34N4O7/c1-17(2)37-20-13-18(25(33)31-24(29)9-10-30-27(35)39-28(3,4)5)14-21(15-20)38-19-7-8-22-23(16-19)36-12-11-32(6)26(22)34/h7-10,13-17H,11-12H2,1-6H3,(H,30,35)(H2,29,31,33)/p+1/b10-9-. The van der Waals surface area contributed by atoms with E-state index in [9.17, 15) is 14.4 Å². The van der Waals surface area contributed by atoms with Crippen molar-refractivity contribution in [2.75, 3.05) is 20.2 Å². The van der Waals surface area contributed by atoms with Crippen LogP contribution in [0.5, 0.6) is 23.0 Å². The Bertz CT molecular complexity index is 1280. The number of carbonyl (C=O) groups excluding carboxylic acids is 3. The molecule has 0 saturated heterocycles. The summed E-state index contributed by atoms with van der Waals surface area (Å²) in [6, 6.07) is 9.68. The predicted octanol–water partition coefficient (Wildman–Crippen LogP) is 2.66. The summed E-state index contributed by atoms with van der Waals surface area (Å²) in [6.07, 6.45) is 1.78. The maximum atomic E-state index is 12.9. The van der Waals surface area contributed by atoms with Crippen molar-refractivity contribution >= 4 is 23.7 Å². The number of alkyl carbamates (subject to hydrolysis) is 1. The number of fused-ring (bicyclic) bond motifs is 1. The topological polar surface area (TPSA) is 141 Å². The minimum atomic E-state index is -0.655. The Labute approximate surface area is 227 Å². The molecule has 208 valence electrons. The van der Waals surface area contributed by atoms with E-state index in [1.54, 1.807) is 63.1 Å². The summed E-state index contributed by atoms with van der Waals surface area (Å²) in [6.45, 7) is 9.79. The van der Waals surface area contributed by atoms with Crippen LogP contribution >= 0.6 is 0 Å². The first-order chi connectivity index (χ1) is 18.3. The van der Waals surface area contributed by atoms with Crippen LogP contribution in [0.1, 0.15) is 55.3 Å². The number of rotatable bonds is 7. The van der Waals surface area contributed by atoms with Gasteiger partial charge in [-0.1, -0.05) is 0 Å². The maximum Gasteiger partial charge on any atom is 0.411 e. The number of hydrogen-bond donors (Lipinski definition) is 3. The number of carbonyl (C=O) groups is 3. The van der Waals surface area contributed by atoms with Gasteiger partial charge in [-0.05, 0) is 58.9 Å². The Morgan fingerprint density at radius 3 is 2.51 bits per heavy atom. The monoisotopic (exact) mass is 539 g/mol. The molecule has 4 N–H and O–H groups in total. The molecule has 0 spiro atoms. The highest BCUT2D eigenvalue weighted by Gasteiger charge is 2.22. The largest absolute Gasteiger partial charge is 0.491 e. The summed E-state index contributed by atoms with van der Waals surface area (Å²) < 4.78 is 22.7. The summed E-state index contributed by atoms with van der Waals surface area (Å²) in [5, 5.41) is 10.9. The minimum Gasteiger partial charge on any atom is -0.491 e. The Morgan fingerprint density at radius 2 is 1.82 bits per heavy atom. The number of nitrogens with one attached hydrogen (secondary N) is 2. The lowest BCUT2D eigenvalue weighted by atomic mass is 10.1. The fourth-order valence-corrected chi connectivity index (χ4v) is 3.45. The molecular formula is C28H35N4O7+. The third-order valence-electron chi connectivity index (χ3n) is 5.08. The van der Waals surface area contributed by atoms with Crippen LogP contribution in [-0.4, -0.2) is 60.5 Å². The number of amides is 3. The molecule has 3 amide bonds. The first-order valence-corrected chi connectivity index (χ1v) is 12.4. The van der Waals surface area contributed by atoms with E-state index in [1.165, 1.54) is 18.3 Å². The molecule has 0 aromatic heterocycles. The van der Waals surface area contributed by atoms with Crippen LogP contribution in [0.4, 0.5) is 4.79 Å². The first-order valence-electron chi connectivity index (χ1n) is 12.4. The highest BCUT2D eigenvalue weighted by molar-refractivity contribution is 6.08. The average Bonchev–Trinajstić information content (AvgIpc) is 2.95. The van der Waals surface area contributed by atoms with Gasteiger partial charge in [0.25, 0.3) is 11.7 Å². The highest BCUT2D eigenvalue weighted by atomic mass is 16.6. The highest BCUT2D eigenvalue weighted by Crippen LogP contribution is 2.32. The molecule has 1 heterocycles. The second-order valence-electron chi connectivity index (χ2n) is 10.1. The molecule has 1 aliphatic rings. The lowest BCUT2D eigenvalue weighted by Crippen LogP contribution is -2.50. The van der Waals surface area contributed by atoms with E-state index >= 15 is 0 Å². The number of nitrogens with two attached hydrogens (primary N) is 1. The van der Waals surface area contributed by atoms with Crippen molar-refractivity contribution in [3.63, 3.8) is 0 Å². The SMILES string of the molecule is CC(C)Oc1cc(Oc2ccc3c(c2)OCCN(C)C3=O)cc(C(=O)NC(=[NH2+])/C=C\NC(=O)OC(C)(C)C)c1. The van der Waals surface area contributed by atoms with Crippen LogP contribution in [0, 0.1) is 0 Å². The van der Waals surface area contributed by atoms with Gasteiger partial charge in [0.15, 0.2) is 0 Å². The molecule has 0 bridgehead atoms. The van der Waals surface area contributed by atoms with Crippen molar-refractivity contribution in [2.24, 2.45) is 0 Å². The fourth-order valence-electron chi connectivity index (χ4n) is 3.45. The molecule has 0 radical (unpaired) electrons. The summed E-state index contributed by atoms with van der Waals surface area (Å²) in [5.41, 5.74) is 0.0195. The van der Waals surface area contributed by atoms with Gasteiger partial charge in [0.1, 0.15) is 35.2 Å². The van der Waals surface area contributed by atoms with Gasteiger partial charge in [-0.2, -0.15) is 0 Å². The van der Waals surface area contributed by atoms with Crippen molar-refractivity contribution in [2.45, 2.75) is 46.3 Å². The quantitative estimate of drug-likeness (QED) is 0.363. The molecule has 2 aromatic carbocycles. The average molecular weight is 540 g/mol. The lowest BCUT2D eigenvalue weighted by Gasteiger charge is -2.18. The zero-order valence-electron chi connectivity index (χ0n) is 23.0. The van der Waals surface area contributed by atoms with Crippen LogP contribution < -0.4 is 30.3 Å². The third-order valence-corrected chi connectivity index (χ3v) is 5.08. The molecule has 3 rings (SSSR count). The van der Waals surface area contributed by atoms with E-state index in [4.69, 9.17) is 24.4 Å². The molecule has 2 aromatic rings. The summed E-state index contributed by atoms with van der Waals surface area (Å²) >= 11 is 0.